The predicted molar refractivity (Wildman–Crippen MR) is 132 cm³/mol. The standard InChI is InChI=1S/C24H31N5O2S/c1-6-28(17(3)4)19-14-12-18(13-15-19)25-22(30)16-32-24-27-26-23(29(24)7-2)20-10-8-9-11-21(20)31-5/h8-15,17H,6-7,16H2,1-5H3,(H,25,30). The van der Waals surface area contributed by atoms with Crippen LogP contribution in [0.5, 0.6) is 5.75 Å². The van der Waals surface area contributed by atoms with Crippen molar-refractivity contribution in [1.29, 1.82) is 0 Å². The Morgan fingerprint density at radius 2 is 1.84 bits per heavy atom. The fraction of sp³-hybridized carbons (Fsp3) is 0.375. The van der Waals surface area contributed by atoms with Gasteiger partial charge in [0.15, 0.2) is 11.0 Å². The molecule has 32 heavy (non-hydrogen) atoms. The van der Waals surface area contributed by atoms with Crippen LogP contribution in [0.1, 0.15) is 27.7 Å². The zero-order chi connectivity index (χ0) is 23.1. The number of para-hydroxylation sites is 1. The molecular formula is C24H31N5O2S. The first-order chi connectivity index (χ1) is 15.5. The van der Waals surface area contributed by atoms with E-state index in [9.17, 15) is 4.79 Å². The van der Waals surface area contributed by atoms with Gasteiger partial charge in [0.05, 0.1) is 18.4 Å². The van der Waals surface area contributed by atoms with Crippen LogP contribution in [-0.4, -0.2) is 46.1 Å². The summed E-state index contributed by atoms with van der Waals surface area (Å²) in [6, 6.07) is 16.1. The largest absolute Gasteiger partial charge is 0.496 e. The molecule has 0 spiro atoms. The number of methoxy groups -OCH3 is 1. The van der Waals surface area contributed by atoms with Crippen molar-refractivity contribution in [2.24, 2.45) is 0 Å². The molecular weight excluding hydrogens is 422 g/mol. The van der Waals surface area contributed by atoms with Gasteiger partial charge in [0.2, 0.25) is 5.91 Å². The second kappa shape index (κ2) is 11.0. The number of nitrogens with one attached hydrogen (secondary N) is 1. The van der Waals surface area contributed by atoms with E-state index in [0.29, 0.717) is 17.7 Å². The topological polar surface area (TPSA) is 72.3 Å². The Morgan fingerprint density at radius 1 is 1.12 bits per heavy atom. The van der Waals surface area contributed by atoms with E-state index in [-0.39, 0.29) is 11.7 Å². The molecule has 3 aromatic rings. The van der Waals surface area contributed by atoms with Gasteiger partial charge in [-0.3, -0.25) is 4.79 Å². The lowest BCUT2D eigenvalue weighted by atomic mass is 10.2. The average Bonchev–Trinajstić information content (AvgIpc) is 3.21. The van der Waals surface area contributed by atoms with Crippen molar-refractivity contribution in [3.8, 4) is 17.1 Å². The van der Waals surface area contributed by atoms with Gasteiger partial charge < -0.3 is 19.5 Å². The fourth-order valence-electron chi connectivity index (χ4n) is 3.62. The molecule has 0 saturated heterocycles. The normalized spacial score (nSPS) is 10.9. The highest BCUT2D eigenvalue weighted by Gasteiger charge is 2.17. The molecule has 2 aromatic carbocycles. The van der Waals surface area contributed by atoms with Crippen molar-refractivity contribution in [2.75, 3.05) is 29.6 Å². The van der Waals surface area contributed by atoms with Crippen molar-refractivity contribution < 1.29 is 9.53 Å². The molecule has 0 aliphatic carbocycles. The third kappa shape index (κ3) is 5.43. The van der Waals surface area contributed by atoms with E-state index in [1.165, 1.54) is 11.8 Å². The van der Waals surface area contributed by atoms with Gasteiger partial charge in [-0.25, -0.2) is 0 Å². The lowest BCUT2D eigenvalue weighted by Crippen LogP contribution is -2.30. The summed E-state index contributed by atoms with van der Waals surface area (Å²) in [6.45, 7) is 10.1. The van der Waals surface area contributed by atoms with E-state index >= 15 is 0 Å². The van der Waals surface area contributed by atoms with Crippen LogP contribution in [0.3, 0.4) is 0 Å². The summed E-state index contributed by atoms with van der Waals surface area (Å²) in [6.07, 6.45) is 0. The molecule has 170 valence electrons. The lowest BCUT2D eigenvalue weighted by molar-refractivity contribution is -0.113. The summed E-state index contributed by atoms with van der Waals surface area (Å²) in [5.41, 5.74) is 2.81. The molecule has 0 radical (unpaired) electrons. The maximum absolute atomic E-state index is 12.5. The minimum atomic E-state index is -0.0801. The second-order valence-electron chi connectivity index (χ2n) is 7.51. The predicted octanol–water partition coefficient (Wildman–Crippen LogP) is 4.94. The average molecular weight is 454 g/mol. The summed E-state index contributed by atoms with van der Waals surface area (Å²) in [7, 11) is 1.64. The number of benzene rings is 2. The number of hydrogen-bond acceptors (Lipinski definition) is 6. The number of nitrogens with zero attached hydrogens (tertiary/aromatic N) is 4. The Balaban J connectivity index is 1.65. The second-order valence-corrected chi connectivity index (χ2v) is 8.46. The maximum Gasteiger partial charge on any atom is 0.234 e. The molecule has 8 heteroatoms. The number of hydrogen-bond donors (Lipinski definition) is 1. The number of anilines is 2. The Bertz CT molecular complexity index is 1030. The van der Waals surface area contributed by atoms with Gasteiger partial charge in [-0.2, -0.15) is 0 Å². The number of amides is 1. The number of carbonyl (C=O) groups is 1. The number of thioether (sulfide) groups is 1. The molecule has 0 fully saturated rings. The SMILES string of the molecule is CCN(c1ccc(NC(=O)CSc2nnc(-c3ccccc3OC)n2CC)cc1)C(C)C. The molecule has 7 nitrogen and oxygen atoms in total. The monoisotopic (exact) mass is 453 g/mol. The van der Waals surface area contributed by atoms with Crippen molar-refractivity contribution in [2.45, 2.75) is 45.4 Å². The van der Waals surface area contributed by atoms with E-state index in [0.717, 1.165) is 35.1 Å². The minimum absolute atomic E-state index is 0.0801. The van der Waals surface area contributed by atoms with Crippen LogP contribution < -0.4 is 15.0 Å². The van der Waals surface area contributed by atoms with E-state index in [1.807, 2.05) is 60.0 Å². The Labute approximate surface area is 194 Å². The smallest absolute Gasteiger partial charge is 0.234 e. The molecule has 1 aromatic heterocycles. The molecule has 0 bridgehead atoms. The zero-order valence-corrected chi connectivity index (χ0v) is 20.1. The van der Waals surface area contributed by atoms with Gasteiger partial charge in [0.1, 0.15) is 5.75 Å². The van der Waals surface area contributed by atoms with Crippen molar-refractivity contribution >= 4 is 29.0 Å². The van der Waals surface area contributed by atoms with E-state index in [2.05, 4.69) is 41.2 Å². The van der Waals surface area contributed by atoms with Gasteiger partial charge >= 0.3 is 0 Å². The van der Waals surface area contributed by atoms with Crippen LogP contribution in [0.4, 0.5) is 11.4 Å². The Hall–Kier alpha value is -3.00. The molecule has 0 unspecified atom stereocenters. The van der Waals surface area contributed by atoms with Gasteiger partial charge in [0.25, 0.3) is 0 Å². The van der Waals surface area contributed by atoms with E-state index in [1.54, 1.807) is 7.11 Å². The summed E-state index contributed by atoms with van der Waals surface area (Å²) in [5, 5.41) is 12.3. The number of carbonyl (C=O) groups excluding carboxylic acids is 1. The van der Waals surface area contributed by atoms with Crippen LogP contribution in [0.25, 0.3) is 11.4 Å². The van der Waals surface area contributed by atoms with Crippen molar-refractivity contribution in [3.05, 3.63) is 48.5 Å². The lowest BCUT2D eigenvalue weighted by Gasteiger charge is -2.27. The summed E-state index contributed by atoms with van der Waals surface area (Å²) in [5.74, 6) is 1.64. The first kappa shape index (κ1) is 23.7. The van der Waals surface area contributed by atoms with Gasteiger partial charge in [-0.15, -0.1) is 10.2 Å². The molecule has 0 aliphatic rings. The molecule has 0 atom stereocenters. The summed E-state index contributed by atoms with van der Waals surface area (Å²) in [4.78, 5) is 14.8. The van der Waals surface area contributed by atoms with Gasteiger partial charge in [-0.1, -0.05) is 23.9 Å². The molecule has 0 saturated carbocycles. The van der Waals surface area contributed by atoms with Crippen molar-refractivity contribution in [1.82, 2.24) is 14.8 Å². The van der Waals surface area contributed by atoms with Crippen LogP contribution in [0.2, 0.25) is 0 Å². The van der Waals surface area contributed by atoms with Crippen LogP contribution >= 0.6 is 11.8 Å². The number of ether oxygens (including phenoxy) is 1. The highest BCUT2D eigenvalue weighted by molar-refractivity contribution is 7.99. The van der Waals surface area contributed by atoms with Gasteiger partial charge in [0, 0.05) is 30.5 Å². The quantitative estimate of drug-likeness (QED) is 0.439. The number of rotatable bonds is 10. The van der Waals surface area contributed by atoms with Crippen molar-refractivity contribution in [3.63, 3.8) is 0 Å². The van der Waals surface area contributed by atoms with Crippen LogP contribution in [0.15, 0.2) is 53.7 Å². The summed E-state index contributed by atoms with van der Waals surface area (Å²) < 4.78 is 7.46. The zero-order valence-electron chi connectivity index (χ0n) is 19.3. The molecule has 1 N–H and O–H groups in total. The summed E-state index contributed by atoms with van der Waals surface area (Å²) >= 11 is 1.37. The first-order valence-electron chi connectivity index (χ1n) is 10.8. The third-order valence-corrected chi connectivity index (χ3v) is 6.13. The Kier molecular flexibility index (Phi) is 8.16. The molecule has 1 amide bonds. The fourth-order valence-corrected chi connectivity index (χ4v) is 4.42. The van der Waals surface area contributed by atoms with E-state index < -0.39 is 0 Å². The van der Waals surface area contributed by atoms with Crippen LogP contribution in [0, 0.1) is 0 Å². The maximum atomic E-state index is 12.5. The highest BCUT2D eigenvalue weighted by Crippen LogP contribution is 2.30. The Morgan fingerprint density at radius 3 is 2.47 bits per heavy atom. The molecule has 0 aliphatic heterocycles. The highest BCUT2D eigenvalue weighted by atomic mass is 32.2. The molecule has 3 rings (SSSR count). The minimum Gasteiger partial charge on any atom is -0.496 e. The molecule has 1 heterocycles. The van der Waals surface area contributed by atoms with E-state index in [4.69, 9.17) is 4.74 Å². The first-order valence-corrected chi connectivity index (χ1v) is 11.8. The third-order valence-electron chi connectivity index (χ3n) is 5.16. The van der Waals surface area contributed by atoms with Crippen LogP contribution in [-0.2, 0) is 11.3 Å². The van der Waals surface area contributed by atoms with Gasteiger partial charge in [-0.05, 0) is 64.1 Å². The number of aromatic nitrogens is 3.